The Kier molecular flexibility index (Phi) is 4.55. The number of aromatic nitrogens is 2. The number of rotatable bonds is 4. The molecule has 0 aliphatic heterocycles. The maximum Gasteiger partial charge on any atom is 0.170 e. The fourth-order valence-corrected chi connectivity index (χ4v) is 1.38. The average Bonchev–Trinajstić information content (AvgIpc) is 2.50. The molecular formula is C10H18N4S. The molecule has 2 N–H and O–H groups in total. The fourth-order valence-electron chi connectivity index (χ4n) is 1.17. The first-order chi connectivity index (χ1) is 7.15. The van der Waals surface area contributed by atoms with Gasteiger partial charge in [0.2, 0.25) is 0 Å². The van der Waals surface area contributed by atoms with Gasteiger partial charge in [0.1, 0.15) is 0 Å². The Morgan fingerprint density at radius 3 is 2.87 bits per heavy atom. The van der Waals surface area contributed by atoms with Crippen molar-refractivity contribution < 1.29 is 0 Å². The smallest absolute Gasteiger partial charge is 0.170 e. The molecule has 0 amide bonds. The van der Waals surface area contributed by atoms with Crippen LogP contribution in [-0.4, -0.2) is 21.4 Å². The Morgan fingerprint density at radius 2 is 2.33 bits per heavy atom. The van der Waals surface area contributed by atoms with E-state index in [0.717, 1.165) is 24.3 Å². The summed E-state index contributed by atoms with van der Waals surface area (Å²) in [6.45, 7) is 5.08. The number of hydrogen-bond acceptors (Lipinski definition) is 2. The highest BCUT2D eigenvalue weighted by Crippen LogP contribution is 2.11. The summed E-state index contributed by atoms with van der Waals surface area (Å²) in [5, 5.41) is 11.1. The number of anilines is 1. The summed E-state index contributed by atoms with van der Waals surface area (Å²) in [6, 6.07) is 0. The molecule has 0 bridgehead atoms. The van der Waals surface area contributed by atoms with Crippen LogP contribution in [0.1, 0.15) is 25.5 Å². The number of thiocarbonyl (C=S) groups is 1. The van der Waals surface area contributed by atoms with E-state index >= 15 is 0 Å². The van der Waals surface area contributed by atoms with Crippen LogP contribution >= 0.6 is 12.2 Å². The number of aryl methyl sites for hydroxylation is 1. The molecule has 0 aliphatic carbocycles. The molecule has 0 aliphatic rings. The summed E-state index contributed by atoms with van der Waals surface area (Å²) < 4.78 is 1.82. The van der Waals surface area contributed by atoms with E-state index in [4.69, 9.17) is 12.2 Å². The number of hydrogen-bond donors (Lipinski definition) is 2. The summed E-state index contributed by atoms with van der Waals surface area (Å²) in [4.78, 5) is 0. The molecule has 15 heavy (non-hydrogen) atoms. The Morgan fingerprint density at radius 1 is 1.60 bits per heavy atom. The molecule has 1 rings (SSSR count). The quantitative estimate of drug-likeness (QED) is 0.607. The topological polar surface area (TPSA) is 41.9 Å². The highest BCUT2D eigenvalue weighted by atomic mass is 32.1. The predicted octanol–water partition coefficient (Wildman–Crippen LogP) is 1.82. The van der Waals surface area contributed by atoms with Gasteiger partial charge in [-0.15, -0.1) is 0 Å². The summed E-state index contributed by atoms with van der Waals surface area (Å²) in [5.74, 6) is 0. The van der Waals surface area contributed by atoms with E-state index in [1.54, 1.807) is 6.20 Å². The van der Waals surface area contributed by atoms with E-state index in [-0.39, 0.29) is 0 Å². The summed E-state index contributed by atoms with van der Waals surface area (Å²) in [5.41, 5.74) is 2.04. The van der Waals surface area contributed by atoms with Crippen molar-refractivity contribution in [2.45, 2.75) is 26.7 Å². The van der Waals surface area contributed by atoms with Crippen molar-refractivity contribution in [3.8, 4) is 0 Å². The van der Waals surface area contributed by atoms with E-state index in [2.05, 4.69) is 22.7 Å². The van der Waals surface area contributed by atoms with Crippen molar-refractivity contribution in [1.82, 2.24) is 15.1 Å². The van der Waals surface area contributed by atoms with Crippen molar-refractivity contribution >= 4 is 23.0 Å². The third kappa shape index (κ3) is 3.51. The van der Waals surface area contributed by atoms with Gasteiger partial charge in [0.15, 0.2) is 5.11 Å². The minimum Gasteiger partial charge on any atom is -0.362 e. The SMILES string of the molecule is CCCCNC(=S)Nc1cnn(C)c1C. The highest BCUT2D eigenvalue weighted by molar-refractivity contribution is 7.80. The Balaban J connectivity index is 2.41. The van der Waals surface area contributed by atoms with Gasteiger partial charge < -0.3 is 10.6 Å². The van der Waals surface area contributed by atoms with E-state index in [1.165, 1.54) is 6.42 Å². The Hall–Kier alpha value is -1.10. The molecule has 0 spiro atoms. The van der Waals surface area contributed by atoms with Crippen LogP contribution < -0.4 is 10.6 Å². The lowest BCUT2D eigenvalue weighted by Gasteiger charge is -2.09. The second-order valence-corrected chi connectivity index (χ2v) is 3.91. The molecule has 1 aromatic heterocycles. The van der Waals surface area contributed by atoms with Gasteiger partial charge in [0.25, 0.3) is 0 Å². The number of nitrogens with zero attached hydrogens (tertiary/aromatic N) is 2. The van der Waals surface area contributed by atoms with Gasteiger partial charge in [-0.25, -0.2) is 0 Å². The lowest BCUT2D eigenvalue weighted by atomic mass is 10.3. The van der Waals surface area contributed by atoms with Crippen molar-refractivity contribution in [2.24, 2.45) is 7.05 Å². The van der Waals surface area contributed by atoms with Gasteiger partial charge in [-0.2, -0.15) is 5.10 Å². The first-order valence-electron chi connectivity index (χ1n) is 5.18. The molecule has 4 nitrogen and oxygen atoms in total. The van der Waals surface area contributed by atoms with Gasteiger partial charge in [0, 0.05) is 13.6 Å². The fraction of sp³-hybridized carbons (Fsp3) is 0.600. The van der Waals surface area contributed by atoms with Crippen molar-refractivity contribution in [3.63, 3.8) is 0 Å². The average molecular weight is 226 g/mol. The minimum absolute atomic E-state index is 0.666. The standard InChI is InChI=1S/C10H18N4S/c1-4-5-6-11-10(15)13-9-7-12-14(3)8(9)2/h7H,4-6H2,1-3H3,(H2,11,13,15). The zero-order valence-corrected chi connectivity index (χ0v) is 10.3. The molecule has 0 atom stereocenters. The lowest BCUT2D eigenvalue weighted by Crippen LogP contribution is -2.29. The van der Waals surface area contributed by atoms with Crippen LogP contribution in [0.2, 0.25) is 0 Å². The molecule has 0 fully saturated rings. The maximum absolute atomic E-state index is 5.16. The summed E-state index contributed by atoms with van der Waals surface area (Å²) >= 11 is 5.16. The lowest BCUT2D eigenvalue weighted by molar-refractivity contribution is 0.740. The van der Waals surface area contributed by atoms with Crippen LogP contribution in [0.5, 0.6) is 0 Å². The minimum atomic E-state index is 0.666. The van der Waals surface area contributed by atoms with Gasteiger partial charge >= 0.3 is 0 Å². The third-order valence-electron chi connectivity index (χ3n) is 2.30. The molecule has 0 radical (unpaired) electrons. The van der Waals surface area contributed by atoms with Gasteiger partial charge in [-0.1, -0.05) is 13.3 Å². The number of unbranched alkanes of at least 4 members (excludes halogenated alkanes) is 1. The molecule has 0 unspecified atom stereocenters. The predicted molar refractivity (Wildman–Crippen MR) is 67.1 cm³/mol. The first kappa shape index (κ1) is 12.0. The van der Waals surface area contributed by atoms with Crippen LogP contribution in [0.15, 0.2) is 6.20 Å². The first-order valence-corrected chi connectivity index (χ1v) is 5.59. The summed E-state index contributed by atoms with van der Waals surface area (Å²) in [6.07, 6.45) is 4.08. The molecule has 0 saturated heterocycles. The zero-order chi connectivity index (χ0) is 11.3. The molecule has 1 heterocycles. The van der Waals surface area contributed by atoms with Crippen molar-refractivity contribution in [1.29, 1.82) is 0 Å². The van der Waals surface area contributed by atoms with E-state index in [9.17, 15) is 0 Å². The maximum atomic E-state index is 5.16. The molecule has 5 heteroatoms. The van der Waals surface area contributed by atoms with Crippen molar-refractivity contribution in [2.75, 3.05) is 11.9 Å². The number of nitrogens with one attached hydrogen (secondary N) is 2. The second-order valence-electron chi connectivity index (χ2n) is 3.50. The second kappa shape index (κ2) is 5.70. The van der Waals surface area contributed by atoms with Gasteiger partial charge in [0.05, 0.1) is 17.6 Å². The zero-order valence-electron chi connectivity index (χ0n) is 9.50. The van der Waals surface area contributed by atoms with Gasteiger partial charge in [-0.3, -0.25) is 4.68 Å². The van der Waals surface area contributed by atoms with E-state index in [1.807, 2.05) is 18.7 Å². The summed E-state index contributed by atoms with van der Waals surface area (Å²) in [7, 11) is 1.91. The molecule has 0 saturated carbocycles. The normalized spacial score (nSPS) is 10.1. The molecule has 84 valence electrons. The van der Waals surface area contributed by atoms with E-state index < -0.39 is 0 Å². The monoisotopic (exact) mass is 226 g/mol. The largest absolute Gasteiger partial charge is 0.362 e. The Labute approximate surface area is 96.1 Å². The van der Waals surface area contributed by atoms with Crippen LogP contribution in [-0.2, 0) is 7.05 Å². The third-order valence-corrected chi connectivity index (χ3v) is 2.55. The van der Waals surface area contributed by atoms with Gasteiger partial charge in [-0.05, 0) is 25.6 Å². The van der Waals surface area contributed by atoms with Crippen LogP contribution in [0.3, 0.4) is 0 Å². The van der Waals surface area contributed by atoms with Crippen LogP contribution in [0, 0.1) is 6.92 Å². The van der Waals surface area contributed by atoms with E-state index in [0.29, 0.717) is 5.11 Å². The van der Waals surface area contributed by atoms with Crippen molar-refractivity contribution in [3.05, 3.63) is 11.9 Å². The van der Waals surface area contributed by atoms with Crippen LogP contribution in [0.4, 0.5) is 5.69 Å². The molecule has 1 aromatic rings. The highest BCUT2D eigenvalue weighted by Gasteiger charge is 2.04. The van der Waals surface area contributed by atoms with Crippen LogP contribution in [0.25, 0.3) is 0 Å². The molecule has 0 aromatic carbocycles. The Bertz CT molecular complexity index is 332. The molecular weight excluding hydrogens is 208 g/mol.